The molecule has 198 valence electrons. The minimum atomic E-state index is -0.682. The Kier molecular flexibility index (Phi) is 7.90. The Balaban J connectivity index is 1.51. The maximum absolute atomic E-state index is 13.6. The van der Waals surface area contributed by atoms with Crippen molar-refractivity contribution in [3.63, 3.8) is 0 Å². The molecule has 1 aliphatic carbocycles. The Morgan fingerprint density at radius 3 is 2.64 bits per heavy atom. The van der Waals surface area contributed by atoms with Crippen molar-refractivity contribution in [2.75, 3.05) is 33.4 Å². The first kappa shape index (κ1) is 26.4. The van der Waals surface area contributed by atoms with Gasteiger partial charge in [0.05, 0.1) is 24.4 Å². The number of amides is 2. The highest BCUT2D eigenvalue weighted by molar-refractivity contribution is 5.86. The highest BCUT2D eigenvalue weighted by Crippen LogP contribution is 2.32. The van der Waals surface area contributed by atoms with Crippen LogP contribution in [0.4, 0.5) is 4.79 Å². The van der Waals surface area contributed by atoms with E-state index in [-0.39, 0.29) is 18.5 Å². The number of nitrogens with zero attached hydrogens (tertiary/aromatic N) is 4. The second-order valence-corrected chi connectivity index (χ2v) is 10.9. The third kappa shape index (κ3) is 6.18. The molecule has 0 bridgehead atoms. The first-order valence-electron chi connectivity index (χ1n) is 12.9. The summed E-state index contributed by atoms with van der Waals surface area (Å²) in [6, 6.07) is 4.53. The van der Waals surface area contributed by atoms with Gasteiger partial charge in [-0.3, -0.25) is 9.48 Å². The molecule has 2 heterocycles. The fraction of sp³-hybridized carbons (Fsp3) is 0.667. The van der Waals surface area contributed by atoms with Crippen molar-refractivity contribution >= 4 is 22.9 Å². The van der Waals surface area contributed by atoms with E-state index in [1.54, 1.807) is 12.0 Å². The lowest BCUT2D eigenvalue weighted by Crippen LogP contribution is -2.53. The van der Waals surface area contributed by atoms with E-state index < -0.39 is 17.8 Å². The predicted octanol–water partition coefficient (Wildman–Crippen LogP) is 3.82. The second kappa shape index (κ2) is 10.8. The summed E-state index contributed by atoms with van der Waals surface area (Å²) in [4.78, 5) is 29.7. The minimum Gasteiger partial charge on any atom is -0.444 e. The lowest BCUT2D eigenvalue weighted by Gasteiger charge is -2.36. The van der Waals surface area contributed by atoms with Gasteiger partial charge in [0.2, 0.25) is 0 Å². The molecule has 9 heteroatoms. The van der Waals surface area contributed by atoms with E-state index in [2.05, 4.69) is 19.1 Å². The summed E-state index contributed by atoms with van der Waals surface area (Å²) in [7, 11) is 1.71. The molecule has 2 aliphatic rings. The van der Waals surface area contributed by atoms with Crippen LogP contribution in [0, 0.1) is 13.8 Å². The van der Waals surface area contributed by atoms with Gasteiger partial charge in [-0.05, 0) is 71.1 Å². The molecule has 1 saturated heterocycles. The van der Waals surface area contributed by atoms with Gasteiger partial charge in [0.1, 0.15) is 5.60 Å². The summed E-state index contributed by atoms with van der Waals surface area (Å²) in [6.07, 6.45) is 1.78. The molecule has 0 spiro atoms. The van der Waals surface area contributed by atoms with Crippen LogP contribution in [-0.4, -0.2) is 82.7 Å². The van der Waals surface area contributed by atoms with E-state index in [0.717, 1.165) is 48.1 Å². The normalized spacial score (nSPS) is 18.5. The zero-order valence-corrected chi connectivity index (χ0v) is 22.5. The molecule has 1 aliphatic heterocycles. The number of carbonyl (C=O) groups excluding carboxylic acids is 2. The van der Waals surface area contributed by atoms with Crippen LogP contribution in [0.25, 0.3) is 10.9 Å². The molecule has 1 saturated carbocycles. The Morgan fingerprint density at radius 1 is 1.22 bits per heavy atom. The molecular weight excluding hydrogens is 460 g/mol. The third-order valence-corrected chi connectivity index (χ3v) is 6.62. The lowest BCUT2D eigenvalue weighted by atomic mass is 10.0. The maximum Gasteiger partial charge on any atom is 0.410 e. The highest BCUT2D eigenvalue weighted by Gasteiger charge is 2.39. The van der Waals surface area contributed by atoms with Gasteiger partial charge in [0, 0.05) is 44.8 Å². The van der Waals surface area contributed by atoms with Crippen molar-refractivity contribution < 1.29 is 23.8 Å². The van der Waals surface area contributed by atoms with Gasteiger partial charge >= 0.3 is 6.09 Å². The van der Waals surface area contributed by atoms with Crippen LogP contribution in [0.15, 0.2) is 12.1 Å². The van der Waals surface area contributed by atoms with E-state index in [4.69, 9.17) is 19.3 Å². The van der Waals surface area contributed by atoms with Crippen molar-refractivity contribution in [1.29, 1.82) is 0 Å². The Hall–Kier alpha value is -2.65. The van der Waals surface area contributed by atoms with Gasteiger partial charge < -0.3 is 24.0 Å². The van der Waals surface area contributed by atoms with Gasteiger partial charge in [0.25, 0.3) is 5.91 Å². The van der Waals surface area contributed by atoms with Crippen molar-refractivity contribution in [2.24, 2.45) is 0 Å². The average Bonchev–Trinajstić information content (AvgIpc) is 3.60. The first-order valence-corrected chi connectivity index (χ1v) is 12.9. The molecule has 4 rings (SSSR count). The SMILES string of the molecule is COCCCn1nc(C)c2c(C)cc(CN(C(=O)[C@H]3CN(C(=O)OC(C)(C)C)CCO3)C3CC3)cc21. The Bertz CT molecular complexity index is 1100. The first-order chi connectivity index (χ1) is 17.1. The number of ether oxygens (including phenoxy) is 3. The van der Waals surface area contributed by atoms with Crippen LogP contribution >= 0.6 is 0 Å². The fourth-order valence-electron chi connectivity index (χ4n) is 4.87. The summed E-state index contributed by atoms with van der Waals surface area (Å²) in [5.74, 6) is -0.0618. The number of fused-ring (bicyclic) bond motifs is 1. The molecule has 9 nitrogen and oxygen atoms in total. The molecule has 0 radical (unpaired) electrons. The monoisotopic (exact) mass is 500 g/mol. The van der Waals surface area contributed by atoms with Gasteiger partial charge in [0.15, 0.2) is 6.10 Å². The number of methoxy groups -OCH3 is 1. The van der Waals surface area contributed by atoms with Crippen molar-refractivity contribution in [1.82, 2.24) is 19.6 Å². The second-order valence-electron chi connectivity index (χ2n) is 10.9. The van der Waals surface area contributed by atoms with E-state index in [0.29, 0.717) is 26.3 Å². The molecule has 1 aromatic heterocycles. The zero-order chi connectivity index (χ0) is 26.0. The standard InChI is InChI=1S/C27H40N4O5/c1-18-14-20(15-22-24(18)19(2)28-31(22)10-7-12-34-6)16-30(21-8-9-21)25(32)23-17-29(11-13-35-23)26(33)36-27(3,4)5/h14-15,21,23H,7-13,16-17H2,1-6H3/t23-/m1/s1. The quantitative estimate of drug-likeness (QED) is 0.513. The van der Waals surface area contributed by atoms with E-state index in [1.807, 2.05) is 37.3 Å². The van der Waals surface area contributed by atoms with E-state index in [1.165, 1.54) is 5.39 Å². The number of hydrogen-bond acceptors (Lipinski definition) is 6. The third-order valence-electron chi connectivity index (χ3n) is 6.62. The molecule has 2 fully saturated rings. The van der Waals surface area contributed by atoms with Gasteiger partial charge in [-0.1, -0.05) is 6.07 Å². The van der Waals surface area contributed by atoms with Crippen LogP contribution < -0.4 is 0 Å². The smallest absolute Gasteiger partial charge is 0.410 e. The largest absolute Gasteiger partial charge is 0.444 e. The van der Waals surface area contributed by atoms with Crippen molar-refractivity contribution in [3.8, 4) is 0 Å². The highest BCUT2D eigenvalue weighted by atomic mass is 16.6. The summed E-state index contributed by atoms with van der Waals surface area (Å²) in [5, 5.41) is 5.93. The number of rotatable bonds is 8. The van der Waals surface area contributed by atoms with Crippen molar-refractivity contribution in [2.45, 2.75) is 84.7 Å². The van der Waals surface area contributed by atoms with E-state index >= 15 is 0 Å². The Labute approximate surface area is 213 Å². The fourth-order valence-corrected chi connectivity index (χ4v) is 4.87. The van der Waals surface area contributed by atoms with Gasteiger partial charge in [-0.2, -0.15) is 5.10 Å². The number of benzene rings is 1. The minimum absolute atomic E-state index is 0.0618. The molecule has 0 N–H and O–H groups in total. The van der Waals surface area contributed by atoms with Crippen LogP contribution in [-0.2, 0) is 32.1 Å². The number of hydrogen-bond donors (Lipinski definition) is 0. The summed E-state index contributed by atoms with van der Waals surface area (Å²) in [5.41, 5.74) is 3.75. The maximum atomic E-state index is 13.6. The number of aromatic nitrogens is 2. The molecule has 1 aromatic carbocycles. The molecular formula is C27H40N4O5. The van der Waals surface area contributed by atoms with Crippen molar-refractivity contribution in [3.05, 3.63) is 29.0 Å². The summed E-state index contributed by atoms with van der Waals surface area (Å²) < 4.78 is 18.6. The zero-order valence-electron chi connectivity index (χ0n) is 22.5. The van der Waals surface area contributed by atoms with Crippen LogP contribution in [0.2, 0.25) is 0 Å². The van der Waals surface area contributed by atoms with Crippen LogP contribution in [0.3, 0.4) is 0 Å². The van der Waals surface area contributed by atoms with Crippen LogP contribution in [0.1, 0.15) is 56.9 Å². The molecule has 1 atom stereocenters. The Morgan fingerprint density at radius 2 is 1.97 bits per heavy atom. The molecule has 2 aromatic rings. The number of aryl methyl sites for hydroxylation is 3. The topological polar surface area (TPSA) is 86.1 Å². The molecule has 36 heavy (non-hydrogen) atoms. The average molecular weight is 501 g/mol. The van der Waals surface area contributed by atoms with E-state index in [9.17, 15) is 9.59 Å². The van der Waals surface area contributed by atoms with Crippen LogP contribution in [0.5, 0.6) is 0 Å². The molecule has 0 unspecified atom stereocenters. The predicted molar refractivity (Wildman–Crippen MR) is 137 cm³/mol. The number of carbonyl (C=O) groups is 2. The lowest BCUT2D eigenvalue weighted by molar-refractivity contribution is -0.150. The van der Waals surface area contributed by atoms with Gasteiger partial charge in [-0.15, -0.1) is 0 Å². The summed E-state index contributed by atoms with van der Waals surface area (Å²) >= 11 is 0. The summed E-state index contributed by atoms with van der Waals surface area (Å²) in [6.45, 7) is 12.6. The van der Waals surface area contributed by atoms with Gasteiger partial charge in [-0.25, -0.2) is 4.79 Å². The molecule has 2 amide bonds. The number of morpholine rings is 1.